The summed E-state index contributed by atoms with van der Waals surface area (Å²) in [6.45, 7) is 3.74. The van der Waals surface area contributed by atoms with Gasteiger partial charge in [0.1, 0.15) is 12.5 Å². The van der Waals surface area contributed by atoms with Crippen LogP contribution in [0.25, 0.3) is 0 Å². The van der Waals surface area contributed by atoms with Gasteiger partial charge in [0.15, 0.2) is 0 Å². The SMILES string of the molecule is Cc1cc(C)c(NC(=O)CC(=O)Nc2ccccc2C#N)c(Cl)c1. The molecule has 122 valence electrons. The van der Waals surface area contributed by atoms with E-state index in [4.69, 9.17) is 16.9 Å². The van der Waals surface area contributed by atoms with Crippen LogP contribution in [0.3, 0.4) is 0 Å². The highest BCUT2D eigenvalue weighted by molar-refractivity contribution is 6.34. The fraction of sp³-hybridized carbons (Fsp3) is 0.167. The molecule has 2 amide bonds. The van der Waals surface area contributed by atoms with Crippen LogP contribution in [0.2, 0.25) is 5.02 Å². The average molecular weight is 342 g/mol. The van der Waals surface area contributed by atoms with E-state index in [9.17, 15) is 9.59 Å². The van der Waals surface area contributed by atoms with Gasteiger partial charge in [0.2, 0.25) is 11.8 Å². The summed E-state index contributed by atoms with van der Waals surface area (Å²) in [6.07, 6.45) is -0.372. The number of aryl methyl sites for hydroxylation is 2. The van der Waals surface area contributed by atoms with Crippen LogP contribution in [0.1, 0.15) is 23.1 Å². The first-order valence-corrected chi connectivity index (χ1v) is 7.64. The molecule has 2 N–H and O–H groups in total. The van der Waals surface area contributed by atoms with Gasteiger partial charge in [-0.25, -0.2) is 0 Å². The molecule has 0 unspecified atom stereocenters. The van der Waals surface area contributed by atoms with Gasteiger partial charge in [0, 0.05) is 0 Å². The molecule has 6 heteroatoms. The summed E-state index contributed by atoms with van der Waals surface area (Å²) in [7, 11) is 0. The molecular weight excluding hydrogens is 326 g/mol. The van der Waals surface area contributed by atoms with E-state index in [0.29, 0.717) is 22.0 Å². The third-order valence-corrected chi connectivity index (χ3v) is 3.64. The zero-order valence-electron chi connectivity index (χ0n) is 13.3. The molecule has 2 aromatic rings. The van der Waals surface area contributed by atoms with E-state index in [1.54, 1.807) is 30.3 Å². The molecule has 0 fully saturated rings. The Morgan fingerprint density at radius 1 is 1.12 bits per heavy atom. The Morgan fingerprint density at radius 2 is 1.79 bits per heavy atom. The van der Waals surface area contributed by atoms with Crippen LogP contribution in [-0.2, 0) is 9.59 Å². The maximum Gasteiger partial charge on any atom is 0.233 e. The maximum atomic E-state index is 12.1. The molecule has 2 aromatic carbocycles. The fourth-order valence-corrected chi connectivity index (χ4v) is 2.66. The lowest BCUT2D eigenvalue weighted by atomic mass is 10.1. The molecule has 5 nitrogen and oxygen atoms in total. The standard InChI is InChI=1S/C18H16ClN3O2/c1-11-7-12(2)18(14(19)8-11)22-17(24)9-16(23)21-15-6-4-3-5-13(15)10-20/h3-8H,9H2,1-2H3,(H,21,23)(H,22,24). The van der Waals surface area contributed by atoms with E-state index in [0.717, 1.165) is 11.1 Å². The summed E-state index contributed by atoms with van der Waals surface area (Å²) < 4.78 is 0. The molecule has 0 saturated heterocycles. The number of hydrogen-bond acceptors (Lipinski definition) is 3. The molecule has 0 aromatic heterocycles. The van der Waals surface area contributed by atoms with Crippen LogP contribution in [-0.4, -0.2) is 11.8 Å². The quantitative estimate of drug-likeness (QED) is 0.830. The number of carbonyl (C=O) groups is 2. The van der Waals surface area contributed by atoms with Crippen molar-refractivity contribution in [2.45, 2.75) is 20.3 Å². The Labute approximate surface area is 145 Å². The van der Waals surface area contributed by atoms with E-state index in [1.165, 1.54) is 0 Å². The second-order valence-electron chi connectivity index (χ2n) is 5.37. The first kappa shape index (κ1) is 17.5. The molecule has 0 aliphatic carbocycles. The smallest absolute Gasteiger partial charge is 0.233 e. The van der Waals surface area contributed by atoms with E-state index in [-0.39, 0.29) is 6.42 Å². The summed E-state index contributed by atoms with van der Waals surface area (Å²) in [5.74, 6) is -0.980. The van der Waals surface area contributed by atoms with Crippen molar-refractivity contribution in [2.75, 3.05) is 10.6 Å². The zero-order chi connectivity index (χ0) is 17.7. The van der Waals surface area contributed by atoms with Crippen molar-refractivity contribution < 1.29 is 9.59 Å². The highest BCUT2D eigenvalue weighted by Gasteiger charge is 2.14. The van der Waals surface area contributed by atoms with Gasteiger partial charge in [0.25, 0.3) is 0 Å². The highest BCUT2D eigenvalue weighted by atomic mass is 35.5. The highest BCUT2D eigenvalue weighted by Crippen LogP contribution is 2.27. The molecule has 0 spiro atoms. The van der Waals surface area contributed by atoms with Gasteiger partial charge in [-0.15, -0.1) is 0 Å². The average Bonchev–Trinajstić information content (AvgIpc) is 2.51. The summed E-state index contributed by atoms with van der Waals surface area (Å²) in [4.78, 5) is 24.1. The molecule has 2 rings (SSSR count). The van der Waals surface area contributed by atoms with Crippen molar-refractivity contribution >= 4 is 34.8 Å². The Hall–Kier alpha value is -2.84. The van der Waals surface area contributed by atoms with Crippen molar-refractivity contribution in [3.8, 4) is 6.07 Å². The molecule has 0 atom stereocenters. The number of nitrogens with zero attached hydrogens (tertiary/aromatic N) is 1. The second kappa shape index (κ2) is 7.62. The number of carbonyl (C=O) groups excluding carboxylic acids is 2. The Balaban J connectivity index is 2.03. The number of nitriles is 1. The van der Waals surface area contributed by atoms with E-state index in [1.807, 2.05) is 26.0 Å². The minimum absolute atomic E-state index is 0.337. The maximum absolute atomic E-state index is 12.1. The summed E-state index contributed by atoms with van der Waals surface area (Å²) in [5, 5.41) is 14.6. The van der Waals surface area contributed by atoms with Crippen molar-refractivity contribution in [2.24, 2.45) is 0 Å². The largest absolute Gasteiger partial charge is 0.324 e. The lowest BCUT2D eigenvalue weighted by molar-refractivity contribution is -0.123. The minimum atomic E-state index is -0.504. The minimum Gasteiger partial charge on any atom is -0.324 e. The Bertz CT molecular complexity index is 817. The van der Waals surface area contributed by atoms with Gasteiger partial charge in [-0.05, 0) is 43.2 Å². The van der Waals surface area contributed by atoms with E-state index >= 15 is 0 Å². The van der Waals surface area contributed by atoms with Crippen molar-refractivity contribution in [3.05, 3.63) is 58.1 Å². The number of hydrogen-bond donors (Lipinski definition) is 2. The van der Waals surface area contributed by atoms with Crippen LogP contribution in [0, 0.1) is 25.2 Å². The van der Waals surface area contributed by atoms with Crippen molar-refractivity contribution in [3.63, 3.8) is 0 Å². The van der Waals surface area contributed by atoms with Gasteiger partial charge in [0.05, 0.1) is 22.0 Å². The molecule has 0 aliphatic heterocycles. The van der Waals surface area contributed by atoms with Crippen LogP contribution < -0.4 is 10.6 Å². The third-order valence-electron chi connectivity index (χ3n) is 3.34. The molecule has 0 aliphatic rings. The van der Waals surface area contributed by atoms with Crippen molar-refractivity contribution in [1.82, 2.24) is 0 Å². The summed E-state index contributed by atoms with van der Waals surface area (Å²) >= 11 is 6.13. The lowest BCUT2D eigenvalue weighted by Crippen LogP contribution is -2.22. The first-order chi connectivity index (χ1) is 11.4. The third kappa shape index (κ3) is 4.34. The van der Waals surface area contributed by atoms with Crippen molar-refractivity contribution in [1.29, 1.82) is 5.26 Å². The number of amides is 2. The molecule has 0 saturated carbocycles. The predicted octanol–water partition coefficient (Wildman–Crippen LogP) is 3.80. The van der Waals surface area contributed by atoms with Gasteiger partial charge in [-0.3, -0.25) is 9.59 Å². The van der Waals surface area contributed by atoms with Crippen LogP contribution in [0.5, 0.6) is 0 Å². The van der Waals surface area contributed by atoms with Crippen LogP contribution in [0.4, 0.5) is 11.4 Å². The topological polar surface area (TPSA) is 82.0 Å². The predicted molar refractivity (Wildman–Crippen MR) is 94.0 cm³/mol. The summed E-state index contributed by atoms with van der Waals surface area (Å²) in [5.41, 5.74) is 3.02. The van der Waals surface area contributed by atoms with Crippen LogP contribution >= 0.6 is 11.6 Å². The molecular formula is C18H16ClN3O2. The molecule has 24 heavy (non-hydrogen) atoms. The first-order valence-electron chi connectivity index (χ1n) is 7.26. The number of benzene rings is 2. The lowest BCUT2D eigenvalue weighted by Gasteiger charge is -2.12. The molecule has 0 bridgehead atoms. The Morgan fingerprint density at radius 3 is 2.46 bits per heavy atom. The molecule has 0 heterocycles. The zero-order valence-corrected chi connectivity index (χ0v) is 14.1. The van der Waals surface area contributed by atoms with E-state index in [2.05, 4.69) is 10.6 Å². The van der Waals surface area contributed by atoms with Gasteiger partial charge < -0.3 is 10.6 Å². The number of anilines is 2. The second-order valence-corrected chi connectivity index (χ2v) is 5.78. The van der Waals surface area contributed by atoms with Gasteiger partial charge in [-0.2, -0.15) is 5.26 Å². The molecule has 0 radical (unpaired) electrons. The monoisotopic (exact) mass is 341 g/mol. The van der Waals surface area contributed by atoms with Gasteiger partial charge in [-0.1, -0.05) is 29.8 Å². The van der Waals surface area contributed by atoms with E-state index < -0.39 is 11.8 Å². The van der Waals surface area contributed by atoms with Crippen LogP contribution in [0.15, 0.2) is 36.4 Å². The normalized spacial score (nSPS) is 9.92. The Kier molecular flexibility index (Phi) is 5.56. The number of rotatable bonds is 4. The van der Waals surface area contributed by atoms with Gasteiger partial charge >= 0.3 is 0 Å². The number of halogens is 1. The number of nitrogens with one attached hydrogen (secondary N) is 2. The number of para-hydroxylation sites is 1. The summed E-state index contributed by atoms with van der Waals surface area (Å²) in [6, 6.07) is 12.2. The fourth-order valence-electron chi connectivity index (χ4n) is 2.29.